The Hall–Kier alpha value is -0.650. The van der Waals surface area contributed by atoms with Crippen molar-refractivity contribution in [1.82, 2.24) is 5.01 Å². The van der Waals surface area contributed by atoms with Gasteiger partial charge in [0.1, 0.15) is 0 Å². The van der Waals surface area contributed by atoms with Gasteiger partial charge >= 0.3 is 0 Å². The smallest absolute Gasteiger partial charge is 0.0874 e. The van der Waals surface area contributed by atoms with E-state index in [0.717, 1.165) is 18.8 Å². The molecule has 4 heteroatoms. The Bertz CT molecular complexity index is 328. The van der Waals surface area contributed by atoms with E-state index in [2.05, 4.69) is 37.9 Å². The van der Waals surface area contributed by atoms with Gasteiger partial charge in [0.05, 0.1) is 5.69 Å². The third kappa shape index (κ3) is 3.44. The predicted octanol–water partition coefficient (Wildman–Crippen LogP) is 3.78. The van der Waals surface area contributed by atoms with Crippen LogP contribution in [0.2, 0.25) is 0 Å². The van der Waals surface area contributed by atoms with Gasteiger partial charge in [-0.3, -0.25) is 5.01 Å². The lowest BCUT2D eigenvalue weighted by atomic mass is 10.2. The first kappa shape index (κ1) is 10.9. The van der Waals surface area contributed by atoms with Crippen molar-refractivity contribution in [1.29, 1.82) is 0 Å². The van der Waals surface area contributed by atoms with Crippen LogP contribution < -0.4 is 0 Å². The molecule has 0 N–H and O–H groups in total. The standard InChI is InChI=1S/C11H14IN3/c12-10-4-6-11(7-5-10)13-14-15-8-2-1-3-9-15/h4-7H,1-3,8-9H2/b14-13-. The van der Waals surface area contributed by atoms with Crippen LogP contribution in [0.3, 0.4) is 0 Å². The lowest BCUT2D eigenvalue weighted by molar-refractivity contribution is 0.224. The number of hydrogen-bond donors (Lipinski definition) is 0. The van der Waals surface area contributed by atoms with E-state index in [1.165, 1.54) is 22.8 Å². The molecule has 0 bridgehead atoms. The molecule has 0 spiro atoms. The first-order chi connectivity index (χ1) is 7.34. The summed E-state index contributed by atoms with van der Waals surface area (Å²) in [6, 6.07) is 8.08. The van der Waals surface area contributed by atoms with Crippen molar-refractivity contribution in [2.24, 2.45) is 10.3 Å². The summed E-state index contributed by atoms with van der Waals surface area (Å²) in [6.07, 6.45) is 3.81. The van der Waals surface area contributed by atoms with Gasteiger partial charge in [0.25, 0.3) is 0 Å². The molecule has 0 saturated carbocycles. The van der Waals surface area contributed by atoms with Gasteiger partial charge in [-0.25, -0.2) is 0 Å². The van der Waals surface area contributed by atoms with Crippen molar-refractivity contribution in [3.8, 4) is 0 Å². The predicted molar refractivity (Wildman–Crippen MR) is 69.1 cm³/mol. The highest BCUT2D eigenvalue weighted by atomic mass is 127. The Morgan fingerprint density at radius 1 is 1.00 bits per heavy atom. The van der Waals surface area contributed by atoms with Crippen molar-refractivity contribution in [3.63, 3.8) is 0 Å². The zero-order valence-corrected chi connectivity index (χ0v) is 10.7. The van der Waals surface area contributed by atoms with E-state index in [1.807, 2.05) is 24.3 Å². The van der Waals surface area contributed by atoms with Crippen molar-refractivity contribution >= 4 is 28.3 Å². The number of rotatable bonds is 2. The van der Waals surface area contributed by atoms with Crippen LogP contribution >= 0.6 is 22.6 Å². The van der Waals surface area contributed by atoms with E-state index in [4.69, 9.17) is 0 Å². The maximum Gasteiger partial charge on any atom is 0.0874 e. The van der Waals surface area contributed by atoms with Crippen LogP contribution in [0.25, 0.3) is 0 Å². The molecular formula is C11H14IN3. The zero-order chi connectivity index (χ0) is 10.5. The van der Waals surface area contributed by atoms with Gasteiger partial charge in [0.15, 0.2) is 0 Å². The van der Waals surface area contributed by atoms with Crippen LogP contribution in [-0.2, 0) is 0 Å². The average Bonchev–Trinajstić information content (AvgIpc) is 2.30. The number of benzene rings is 1. The van der Waals surface area contributed by atoms with Gasteiger partial charge in [-0.1, -0.05) is 5.22 Å². The molecule has 1 saturated heterocycles. The summed E-state index contributed by atoms with van der Waals surface area (Å²) in [5.74, 6) is 0. The second kappa shape index (κ2) is 5.44. The van der Waals surface area contributed by atoms with E-state index in [1.54, 1.807) is 0 Å². The van der Waals surface area contributed by atoms with Crippen LogP contribution in [0.5, 0.6) is 0 Å². The molecule has 1 aliphatic rings. The molecule has 1 fully saturated rings. The zero-order valence-electron chi connectivity index (χ0n) is 8.56. The molecule has 1 aromatic rings. The van der Waals surface area contributed by atoms with Crippen molar-refractivity contribution < 1.29 is 0 Å². The minimum Gasteiger partial charge on any atom is -0.278 e. The molecule has 80 valence electrons. The SMILES string of the molecule is Ic1ccc(/N=N\N2CCCCC2)cc1. The number of hydrogen-bond acceptors (Lipinski definition) is 2. The monoisotopic (exact) mass is 315 g/mol. The van der Waals surface area contributed by atoms with Crippen LogP contribution in [-0.4, -0.2) is 18.1 Å². The van der Waals surface area contributed by atoms with Gasteiger partial charge < -0.3 is 0 Å². The van der Waals surface area contributed by atoms with Gasteiger partial charge in [0, 0.05) is 16.7 Å². The van der Waals surface area contributed by atoms with E-state index in [0.29, 0.717) is 0 Å². The van der Waals surface area contributed by atoms with E-state index < -0.39 is 0 Å². The molecule has 0 aromatic heterocycles. The second-order valence-corrected chi connectivity index (χ2v) is 4.93. The fourth-order valence-corrected chi connectivity index (χ4v) is 1.95. The number of nitrogens with zero attached hydrogens (tertiary/aromatic N) is 3. The summed E-state index contributed by atoms with van der Waals surface area (Å²) in [5.41, 5.74) is 0.931. The van der Waals surface area contributed by atoms with E-state index >= 15 is 0 Å². The number of halogens is 1. The molecule has 0 amide bonds. The van der Waals surface area contributed by atoms with Gasteiger partial charge in [0.2, 0.25) is 0 Å². The van der Waals surface area contributed by atoms with Crippen molar-refractivity contribution in [2.75, 3.05) is 13.1 Å². The third-order valence-corrected chi connectivity index (χ3v) is 3.16. The Morgan fingerprint density at radius 2 is 1.67 bits per heavy atom. The normalized spacial score (nSPS) is 17.3. The van der Waals surface area contributed by atoms with Gasteiger partial charge in [-0.05, 0) is 66.1 Å². The summed E-state index contributed by atoms with van der Waals surface area (Å²) in [5, 5.41) is 10.5. The van der Waals surface area contributed by atoms with Crippen molar-refractivity contribution in [3.05, 3.63) is 27.8 Å². The van der Waals surface area contributed by atoms with E-state index in [9.17, 15) is 0 Å². The molecule has 15 heavy (non-hydrogen) atoms. The fraction of sp³-hybridized carbons (Fsp3) is 0.455. The highest BCUT2D eigenvalue weighted by molar-refractivity contribution is 14.1. The molecule has 0 aliphatic carbocycles. The third-order valence-electron chi connectivity index (χ3n) is 2.45. The topological polar surface area (TPSA) is 28.0 Å². The summed E-state index contributed by atoms with van der Waals surface area (Å²) in [4.78, 5) is 0. The van der Waals surface area contributed by atoms with Gasteiger partial charge in [-0.15, -0.1) is 5.11 Å². The Labute approximate surface area is 104 Å². The van der Waals surface area contributed by atoms with Crippen LogP contribution in [0.1, 0.15) is 19.3 Å². The maximum atomic E-state index is 4.24. The van der Waals surface area contributed by atoms with Crippen LogP contribution in [0, 0.1) is 3.57 Å². The molecule has 0 unspecified atom stereocenters. The van der Waals surface area contributed by atoms with Crippen molar-refractivity contribution in [2.45, 2.75) is 19.3 Å². The molecule has 1 heterocycles. The quantitative estimate of drug-likeness (QED) is 0.603. The lowest BCUT2D eigenvalue weighted by Gasteiger charge is -2.21. The lowest BCUT2D eigenvalue weighted by Crippen LogP contribution is -2.23. The molecule has 0 radical (unpaired) electrons. The Morgan fingerprint density at radius 3 is 2.33 bits per heavy atom. The highest BCUT2D eigenvalue weighted by Crippen LogP contribution is 2.16. The molecule has 3 nitrogen and oxygen atoms in total. The number of piperidine rings is 1. The fourth-order valence-electron chi connectivity index (χ4n) is 1.59. The molecule has 1 aliphatic heterocycles. The highest BCUT2D eigenvalue weighted by Gasteiger charge is 2.06. The maximum absolute atomic E-state index is 4.24. The largest absolute Gasteiger partial charge is 0.278 e. The summed E-state index contributed by atoms with van der Waals surface area (Å²) >= 11 is 2.29. The molecule has 0 atom stereocenters. The first-order valence-electron chi connectivity index (χ1n) is 5.27. The summed E-state index contributed by atoms with van der Waals surface area (Å²) in [6.45, 7) is 2.10. The Balaban J connectivity index is 1.95. The van der Waals surface area contributed by atoms with Crippen LogP contribution in [0.15, 0.2) is 34.6 Å². The van der Waals surface area contributed by atoms with Crippen LogP contribution in [0.4, 0.5) is 5.69 Å². The molecule has 2 rings (SSSR count). The molecule has 1 aromatic carbocycles. The summed E-state index contributed by atoms with van der Waals surface area (Å²) < 4.78 is 1.23. The second-order valence-electron chi connectivity index (χ2n) is 3.68. The average molecular weight is 315 g/mol. The first-order valence-corrected chi connectivity index (χ1v) is 6.35. The molecular weight excluding hydrogens is 301 g/mol. The minimum absolute atomic E-state index is 0.931. The summed E-state index contributed by atoms with van der Waals surface area (Å²) in [7, 11) is 0. The van der Waals surface area contributed by atoms with Gasteiger partial charge in [-0.2, -0.15) is 0 Å². The van der Waals surface area contributed by atoms with E-state index in [-0.39, 0.29) is 0 Å². The Kier molecular flexibility index (Phi) is 3.94. The minimum atomic E-state index is 0.931.